The summed E-state index contributed by atoms with van der Waals surface area (Å²) >= 11 is 1.51. The Morgan fingerprint density at radius 1 is 1.43 bits per heavy atom. The summed E-state index contributed by atoms with van der Waals surface area (Å²) in [6.45, 7) is 0. The molecule has 1 aliphatic carbocycles. The van der Waals surface area contributed by atoms with Crippen LogP contribution in [0.4, 0.5) is 0 Å². The van der Waals surface area contributed by atoms with Gasteiger partial charge in [0.2, 0.25) is 0 Å². The molecule has 1 aliphatic rings. The van der Waals surface area contributed by atoms with Crippen molar-refractivity contribution in [3.05, 3.63) is 40.9 Å². The van der Waals surface area contributed by atoms with Crippen molar-refractivity contribution in [3.63, 3.8) is 0 Å². The highest BCUT2D eigenvalue weighted by atomic mass is 32.1. The van der Waals surface area contributed by atoms with Crippen LogP contribution in [0.5, 0.6) is 5.75 Å². The maximum Gasteiger partial charge on any atom is 0.328 e. The molecule has 108 valence electrons. The zero-order valence-electron chi connectivity index (χ0n) is 11.6. The summed E-state index contributed by atoms with van der Waals surface area (Å²) in [6.07, 6.45) is 5.07. The van der Waals surface area contributed by atoms with Crippen LogP contribution < -0.4 is 4.74 Å². The third-order valence-corrected chi connectivity index (χ3v) is 4.43. The number of benzene rings is 1. The van der Waals surface area contributed by atoms with E-state index in [1.54, 1.807) is 13.2 Å². The minimum atomic E-state index is -0.941. The van der Waals surface area contributed by atoms with Crippen molar-refractivity contribution in [1.29, 1.82) is 0 Å². The first-order valence-corrected chi connectivity index (χ1v) is 7.56. The number of methoxy groups -OCH3 is 1. The topological polar surface area (TPSA) is 59.4 Å². The highest BCUT2D eigenvalue weighted by Crippen LogP contribution is 2.45. The molecule has 0 bridgehead atoms. The van der Waals surface area contributed by atoms with Crippen molar-refractivity contribution in [2.24, 2.45) is 0 Å². The summed E-state index contributed by atoms with van der Waals surface area (Å²) in [5.74, 6) is 0.310. The Hall–Kier alpha value is -2.14. The molecular weight excluding hydrogens is 286 g/mol. The number of aromatic nitrogens is 1. The molecule has 1 aromatic heterocycles. The third kappa shape index (κ3) is 2.97. The number of ether oxygens (including phenoxy) is 1. The van der Waals surface area contributed by atoms with Gasteiger partial charge in [-0.2, -0.15) is 0 Å². The van der Waals surface area contributed by atoms with Gasteiger partial charge in [0.1, 0.15) is 10.8 Å². The maximum absolute atomic E-state index is 10.7. The molecule has 4 nitrogen and oxygen atoms in total. The summed E-state index contributed by atoms with van der Waals surface area (Å²) in [6, 6.07) is 7.74. The Morgan fingerprint density at radius 2 is 2.19 bits per heavy atom. The number of para-hydroxylation sites is 1. The Kier molecular flexibility index (Phi) is 3.75. The molecule has 5 heteroatoms. The van der Waals surface area contributed by atoms with Gasteiger partial charge in [-0.3, -0.25) is 0 Å². The summed E-state index contributed by atoms with van der Waals surface area (Å²) in [4.78, 5) is 16.4. The maximum atomic E-state index is 10.7. The SMILES string of the molecule is COc1ccccc1-c1nc(C2CC2)c(/C=C/C(=O)O)s1. The van der Waals surface area contributed by atoms with E-state index in [1.165, 1.54) is 17.4 Å². The van der Waals surface area contributed by atoms with Gasteiger partial charge in [0.05, 0.1) is 23.2 Å². The Bertz CT molecular complexity index is 701. The van der Waals surface area contributed by atoms with Crippen molar-refractivity contribution < 1.29 is 14.6 Å². The number of hydrogen-bond acceptors (Lipinski definition) is 4. The van der Waals surface area contributed by atoms with Crippen LogP contribution >= 0.6 is 11.3 Å². The second-order valence-electron chi connectivity index (χ2n) is 4.91. The lowest BCUT2D eigenvalue weighted by atomic mass is 10.2. The molecule has 2 aromatic rings. The Morgan fingerprint density at radius 3 is 2.86 bits per heavy atom. The van der Waals surface area contributed by atoms with Gasteiger partial charge in [0, 0.05) is 12.0 Å². The molecule has 3 rings (SSSR count). The summed E-state index contributed by atoms with van der Waals surface area (Å²) in [5, 5.41) is 9.68. The average Bonchev–Trinajstić information content (AvgIpc) is 3.25. The molecule has 1 fully saturated rings. The van der Waals surface area contributed by atoms with Crippen molar-refractivity contribution in [2.45, 2.75) is 18.8 Å². The molecule has 0 saturated heterocycles. The van der Waals surface area contributed by atoms with Gasteiger partial charge in [-0.15, -0.1) is 11.3 Å². The van der Waals surface area contributed by atoms with Crippen molar-refractivity contribution in [3.8, 4) is 16.3 Å². The van der Waals surface area contributed by atoms with E-state index in [2.05, 4.69) is 0 Å². The highest BCUT2D eigenvalue weighted by Gasteiger charge is 2.29. The minimum Gasteiger partial charge on any atom is -0.496 e. The van der Waals surface area contributed by atoms with Crippen molar-refractivity contribution in [1.82, 2.24) is 4.98 Å². The van der Waals surface area contributed by atoms with Gasteiger partial charge >= 0.3 is 5.97 Å². The minimum absolute atomic E-state index is 0.471. The fraction of sp³-hybridized carbons (Fsp3) is 0.250. The van der Waals surface area contributed by atoms with Gasteiger partial charge in [-0.1, -0.05) is 12.1 Å². The monoisotopic (exact) mass is 301 g/mol. The quantitative estimate of drug-likeness (QED) is 0.853. The smallest absolute Gasteiger partial charge is 0.328 e. The zero-order chi connectivity index (χ0) is 14.8. The standard InChI is InChI=1S/C16H15NO3S/c1-20-12-5-3-2-4-11(12)16-17-15(10-6-7-10)13(21-16)8-9-14(18)19/h2-5,8-10H,6-7H2,1H3,(H,18,19)/b9-8+. The number of carbonyl (C=O) groups is 1. The number of carboxylic acid groups (broad SMARTS) is 1. The second-order valence-corrected chi connectivity index (χ2v) is 5.95. The molecule has 0 amide bonds. The molecule has 0 spiro atoms. The fourth-order valence-corrected chi connectivity index (χ4v) is 3.28. The van der Waals surface area contributed by atoms with Crippen LogP contribution in [0, 0.1) is 0 Å². The third-order valence-electron chi connectivity index (χ3n) is 3.36. The van der Waals surface area contributed by atoms with Crippen molar-refractivity contribution in [2.75, 3.05) is 7.11 Å². The number of aliphatic carboxylic acids is 1. The van der Waals surface area contributed by atoms with E-state index in [-0.39, 0.29) is 0 Å². The first kappa shape index (κ1) is 13.8. The molecule has 0 unspecified atom stereocenters. The second kappa shape index (κ2) is 5.69. The van der Waals surface area contributed by atoms with E-state index >= 15 is 0 Å². The number of carboxylic acids is 1. The Balaban J connectivity index is 2.03. The summed E-state index contributed by atoms with van der Waals surface area (Å²) < 4.78 is 5.38. The van der Waals surface area contributed by atoms with E-state index < -0.39 is 5.97 Å². The normalized spacial score (nSPS) is 14.5. The van der Waals surface area contributed by atoms with Crippen LogP contribution in [-0.2, 0) is 4.79 Å². The van der Waals surface area contributed by atoms with Gasteiger partial charge < -0.3 is 9.84 Å². The zero-order valence-corrected chi connectivity index (χ0v) is 12.4. The first-order valence-electron chi connectivity index (χ1n) is 6.74. The molecule has 0 aliphatic heterocycles. The molecule has 0 atom stereocenters. The van der Waals surface area contributed by atoms with Crippen LogP contribution in [0.1, 0.15) is 29.3 Å². The lowest BCUT2D eigenvalue weighted by Crippen LogP contribution is -1.88. The number of rotatable bonds is 5. The summed E-state index contributed by atoms with van der Waals surface area (Å²) in [5.41, 5.74) is 1.96. The largest absolute Gasteiger partial charge is 0.496 e. The molecule has 1 aromatic carbocycles. The summed E-state index contributed by atoms with van der Waals surface area (Å²) in [7, 11) is 1.64. The number of nitrogens with zero attached hydrogens (tertiary/aromatic N) is 1. The number of thiazole rings is 1. The van der Waals surface area contributed by atoms with Crippen LogP contribution in [0.2, 0.25) is 0 Å². The fourth-order valence-electron chi connectivity index (χ4n) is 2.20. The van der Waals surface area contributed by atoms with Crippen LogP contribution in [-0.4, -0.2) is 23.2 Å². The molecule has 1 heterocycles. The van der Waals surface area contributed by atoms with E-state index in [0.717, 1.165) is 39.7 Å². The van der Waals surface area contributed by atoms with Gasteiger partial charge in [-0.25, -0.2) is 9.78 Å². The van der Waals surface area contributed by atoms with E-state index in [0.29, 0.717) is 5.92 Å². The lowest BCUT2D eigenvalue weighted by molar-refractivity contribution is -0.131. The van der Waals surface area contributed by atoms with Crippen molar-refractivity contribution >= 4 is 23.4 Å². The molecule has 1 saturated carbocycles. The molecule has 1 N–H and O–H groups in total. The predicted octanol–water partition coefficient (Wildman–Crippen LogP) is 3.79. The van der Waals surface area contributed by atoms with Gasteiger partial charge in [-0.05, 0) is 31.1 Å². The van der Waals surface area contributed by atoms with Crippen LogP contribution in [0.25, 0.3) is 16.6 Å². The molecule has 0 radical (unpaired) electrons. The average molecular weight is 301 g/mol. The Labute approximate surface area is 126 Å². The van der Waals surface area contributed by atoms with Gasteiger partial charge in [0.25, 0.3) is 0 Å². The van der Waals surface area contributed by atoms with E-state index in [9.17, 15) is 4.79 Å². The highest BCUT2D eigenvalue weighted by molar-refractivity contribution is 7.16. The first-order chi connectivity index (χ1) is 10.2. The van der Waals surface area contributed by atoms with E-state index in [4.69, 9.17) is 14.8 Å². The van der Waals surface area contributed by atoms with E-state index in [1.807, 2.05) is 24.3 Å². The van der Waals surface area contributed by atoms with Crippen LogP contribution in [0.3, 0.4) is 0 Å². The molecule has 21 heavy (non-hydrogen) atoms. The van der Waals surface area contributed by atoms with Crippen LogP contribution in [0.15, 0.2) is 30.3 Å². The van der Waals surface area contributed by atoms with Gasteiger partial charge in [0.15, 0.2) is 0 Å². The molecular formula is C16H15NO3S. The lowest BCUT2D eigenvalue weighted by Gasteiger charge is -2.04. The predicted molar refractivity (Wildman–Crippen MR) is 82.7 cm³/mol. The number of hydrogen-bond donors (Lipinski definition) is 1.